The van der Waals surface area contributed by atoms with Crippen molar-refractivity contribution in [3.63, 3.8) is 0 Å². The molecule has 4 rings (SSSR count). The Morgan fingerprint density at radius 1 is 1.31 bits per heavy atom. The van der Waals surface area contributed by atoms with E-state index in [-0.39, 0.29) is 12.5 Å². The van der Waals surface area contributed by atoms with E-state index in [2.05, 4.69) is 14.9 Å². The first-order chi connectivity index (χ1) is 15.4. The van der Waals surface area contributed by atoms with Crippen molar-refractivity contribution in [2.45, 2.75) is 18.9 Å². The van der Waals surface area contributed by atoms with Gasteiger partial charge in [0.15, 0.2) is 0 Å². The molecule has 2 aromatic heterocycles. The number of hydrogen-bond acceptors (Lipinski definition) is 7. The Hall–Kier alpha value is -3.23. The number of nitrogens with zero attached hydrogens (tertiary/aromatic N) is 4. The van der Waals surface area contributed by atoms with Crippen LogP contribution in [0.15, 0.2) is 48.8 Å². The highest BCUT2D eigenvalue weighted by molar-refractivity contribution is 5.94. The Balaban J connectivity index is 1.45. The topological polar surface area (TPSA) is 105 Å². The van der Waals surface area contributed by atoms with Gasteiger partial charge >= 0.3 is 0 Å². The number of ether oxygens (including phenoxy) is 1. The van der Waals surface area contributed by atoms with E-state index in [1.54, 1.807) is 42.4 Å². The van der Waals surface area contributed by atoms with E-state index in [0.717, 1.165) is 22.3 Å². The predicted octanol–water partition coefficient (Wildman–Crippen LogP) is 1.99. The summed E-state index contributed by atoms with van der Waals surface area (Å²) in [6.45, 7) is 4.20. The highest BCUT2D eigenvalue weighted by atomic mass is 16.5. The molecule has 8 heteroatoms. The first kappa shape index (κ1) is 22.0. The molecular formula is C24H29N5O3. The SMILES string of the molecule is Cc1cc(N2CC[C@](O)(CN(C)C(=O)c3ccc(OCCN)cc3)C2)c2cnccc2n1. The van der Waals surface area contributed by atoms with Gasteiger partial charge in [-0.3, -0.25) is 14.8 Å². The van der Waals surface area contributed by atoms with Crippen LogP contribution in [0.1, 0.15) is 22.5 Å². The average molecular weight is 436 g/mol. The third kappa shape index (κ3) is 4.66. The second-order valence-electron chi connectivity index (χ2n) is 8.39. The molecule has 0 unspecified atom stereocenters. The number of β-amino-alcohol motifs (C(OH)–C–C–N with tert-alkyl or cyclic N) is 1. The van der Waals surface area contributed by atoms with Crippen molar-refractivity contribution in [2.75, 3.05) is 44.7 Å². The minimum absolute atomic E-state index is 0.142. The van der Waals surface area contributed by atoms with Gasteiger partial charge in [-0.15, -0.1) is 0 Å². The van der Waals surface area contributed by atoms with Gasteiger partial charge in [-0.25, -0.2) is 0 Å². The van der Waals surface area contributed by atoms with Crippen LogP contribution in [0.2, 0.25) is 0 Å². The van der Waals surface area contributed by atoms with Crippen molar-refractivity contribution < 1.29 is 14.6 Å². The summed E-state index contributed by atoms with van der Waals surface area (Å²) in [6.07, 6.45) is 4.11. The molecule has 1 amide bonds. The van der Waals surface area contributed by atoms with Crippen molar-refractivity contribution in [1.29, 1.82) is 0 Å². The maximum atomic E-state index is 12.9. The molecule has 168 valence electrons. The van der Waals surface area contributed by atoms with Crippen LogP contribution >= 0.6 is 0 Å². The molecule has 0 saturated carbocycles. The van der Waals surface area contributed by atoms with Crippen LogP contribution in [0.4, 0.5) is 5.69 Å². The number of carbonyl (C=O) groups excluding carboxylic acids is 1. The summed E-state index contributed by atoms with van der Waals surface area (Å²) in [5.41, 5.74) is 7.81. The van der Waals surface area contributed by atoms with E-state index in [0.29, 0.717) is 44.0 Å². The van der Waals surface area contributed by atoms with Crippen molar-refractivity contribution >= 4 is 22.5 Å². The van der Waals surface area contributed by atoms with Crippen LogP contribution in [0.5, 0.6) is 5.75 Å². The first-order valence-corrected chi connectivity index (χ1v) is 10.8. The van der Waals surface area contributed by atoms with E-state index >= 15 is 0 Å². The highest BCUT2D eigenvalue weighted by Crippen LogP contribution is 2.32. The standard InChI is InChI=1S/C24H29N5O3/c1-17-13-22(20-14-26-10-7-21(20)27-17)29-11-8-24(31,16-29)15-28(2)23(30)18-3-5-19(6-4-18)32-12-9-25/h3-7,10,13-14,31H,8-9,11-12,15-16,25H2,1-2H3/t24-/m0/s1. The van der Waals surface area contributed by atoms with Crippen LogP contribution < -0.4 is 15.4 Å². The maximum absolute atomic E-state index is 12.9. The summed E-state index contributed by atoms with van der Waals surface area (Å²) >= 11 is 0. The zero-order valence-electron chi connectivity index (χ0n) is 18.5. The van der Waals surface area contributed by atoms with Gasteiger partial charge in [0.25, 0.3) is 5.91 Å². The van der Waals surface area contributed by atoms with Crippen LogP contribution in [-0.4, -0.2) is 71.3 Å². The third-order valence-electron chi connectivity index (χ3n) is 5.76. The predicted molar refractivity (Wildman–Crippen MR) is 124 cm³/mol. The lowest BCUT2D eigenvalue weighted by Crippen LogP contribution is -2.45. The number of aryl methyl sites for hydroxylation is 1. The maximum Gasteiger partial charge on any atom is 0.253 e. The van der Waals surface area contributed by atoms with Gasteiger partial charge < -0.3 is 25.4 Å². The van der Waals surface area contributed by atoms with E-state index in [1.807, 2.05) is 25.3 Å². The number of aromatic nitrogens is 2. The summed E-state index contributed by atoms with van der Waals surface area (Å²) < 4.78 is 5.46. The molecular weight excluding hydrogens is 406 g/mol. The van der Waals surface area contributed by atoms with Crippen LogP contribution in [0.3, 0.4) is 0 Å². The second kappa shape index (κ2) is 9.10. The fraction of sp³-hybridized carbons (Fsp3) is 0.375. The molecule has 1 aromatic carbocycles. The lowest BCUT2D eigenvalue weighted by Gasteiger charge is -2.29. The summed E-state index contributed by atoms with van der Waals surface area (Å²) in [6, 6.07) is 10.9. The monoisotopic (exact) mass is 435 g/mol. The molecule has 0 radical (unpaired) electrons. The zero-order valence-corrected chi connectivity index (χ0v) is 18.5. The fourth-order valence-electron chi connectivity index (χ4n) is 4.24. The molecule has 1 atom stereocenters. The Labute approximate surface area is 187 Å². The van der Waals surface area contributed by atoms with E-state index < -0.39 is 5.60 Å². The molecule has 0 spiro atoms. The molecule has 0 bridgehead atoms. The summed E-state index contributed by atoms with van der Waals surface area (Å²) in [7, 11) is 1.72. The van der Waals surface area contributed by atoms with Crippen LogP contribution in [0.25, 0.3) is 10.9 Å². The molecule has 1 aliphatic heterocycles. The first-order valence-electron chi connectivity index (χ1n) is 10.8. The number of anilines is 1. The molecule has 8 nitrogen and oxygen atoms in total. The molecule has 1 fully saturated rings. The van der Waals surface area contributed by atoms with Crippen LogP contribution in [0, 0.1) is 6.92 Å². The Bertz CT molecular complexity index is 1100. The number of carbonyl (C=O) groups is 1. The number of nitrogens with two attached hydrogens (primary N) is 1. The number of aliphatic hydroxyl groups is 1. The molecule has 0 aliphatic carbocycles. The molecule has 3 N–H and O–H groups in total. The summed E-state index contributed by atoms with van der Waals surface area (Å²) in [4.78, 5) is 25.4. The molecule has 1 saturated heterocycles. The Morgan fingerprint density at radius 3 is 2.84 bits per heavy atom. The van der Waals surface area contributed by atoms with Gasteiger partial charge in [0, 0.05) is 61.4 Å². The summed E-state index contributed by atoms with van der Waals surface area (Å²) in [5, 5.41) is 12.2. The van der Waals surface area contributed by atoms with Crippen molar-refractivity contribution in [2.24, 2.45) is 5.73 Å². The van der Waals surface area contributed by atoms with Crippen molar-refractivity contribution in [1.82, 2.24) is 14.9 Å². The number of fused-ring (bicyclic) bond motifs is 1. The van der Waals surface area contributed by atoms with Gasteiger partial charge in [-0.1, -0.05) is 0 Å². The lowest BCUT2D eigenvalue weighted by molar-refractivity contribution is 0.0264. The Kier molecular flexibility index (Phi) is 6.25. The minimum Gasteiger partial charge on any atom is -0.492 e. The van der Waals surface area contributed by atoms with Gasteiger partial charge in [0.1, 0.15) is 18.0 Å². The van der Waals surface area contributed by atoms with Gasteiger partial charge in [0.2, 0.25) is 0 Å². The molecule has 3 aromatic rings. The molecule has 32 heavy (non-hydrogen) atoms. The lowest BCUT2D eigenvalue weighted by atomic mass is 10.0. The number of rotatable bonds is 7. The van der Waals surface area contributed by atoms with Crippen molar-refractivity contribution in [3.8, 4) is 5.75 Å². The van der Waals surface area contributed by atoms with Crippen LogP contribution in [-0.2, 0) is 0 Å². The molecule has 3 heterocycles. The second-order valence-corrected chi connectivity index (χ2v) is 8.39. The van der Waals surface area contributed by atoms with E-state index in [1.165, 1.54) is 0 Å². The number of hydrogen-bond donors (Lipinski definition) is 2. The smallest absolute Gasteiger partial charge is 0.253 e. The van der Waals surface area contributed by atoms with Gasteiger partial charge in [-0.2, -0.15) is 0 Å². The normalized spacial score (nSPS) is 18.2. The number of amides is 1. The molecule has 1 aliphatic rings. The third-order valence-corrected chi connectivity index (χ3v) is 5.76. The minimum atomic E-state index is -1.000. The van der Waals surface area contributed by atoms with E-state index in [9.17, 15) is 9.90 Å². The van der Waals surface area contributed by atoms with Gasteiger partial charge in [-0.05, 0) is 49.7 Å². The number of benzene rings is 1. The zero-order chi connectivity index (χ0) is 22.7. The van der Waals surface area contributed by atoms with E-state index in [4.69, 9.17) is 10.5 Å². The van der Waals surface area contributed by atoms with Gasteiger partial charge in [0.05, 0.1) is 12.1 Å². The quantitative estimate of drug-likeness (QED) is 0.585. The largest absolute Gasteiger partial charge is 0.492 e. The average Bonchev–Trinajstić information content (AvgIpc) is 3.18. The Morgan fingerprint density at radius 2 is 2.09 bits per heavy atom. The van der Waals surface area contributed by atoms with Crippen molar-refractivity contribution in [3.05, 3.63) is 60.0 Å². The fourth-order valence-corrected chi connectivity index (χ4v) is 4.24. The number of likely N-dealkylation sites (N-methyl/N-ethyl adjacent to an activating group) is 1. The highest BCUT2D eigenvalue weighted by Gasteiger charge is 2.38. The number of pyridine rings is 2. The summed E-state index contributed by atoms with van der Waals surface area (Å²) in [5.74, 6) is 0.533.